The van der Waals surface area contributed by atoms with Crippen LogP contribution in [-0.4, -0.2) is 36.2 Å². The van der Waals surface area contributed by atoms with E-state index in [0.717, 1.165) is 24.4 Å². The van der Waals surface area contributed by atoms with Gasteiger partial charge in [0.1, 0.15) is 5.75 Å². The van der Waals surface area contributed by atoms with Crippen LogP contribution >= 0.6 is 0 Å². The molecule has 0 bridgehead atoms. The van der Waals surface area contributed by atoms with Crippen molar-refractivity contribution in [3.8, 4) is 5.75 Å². The van der Waals surface area contributed by atoms with Gasteiger partial charge >= 0.3 is 0 Å². The molecule has 94 valence electrons. The predicted octanol–water partition coefficient (Wildman–Crippen LogP) is 2.21. The molecular weight excluding hydrogens is 214 g/mol. The molecule has 2 rings (SSSR count). The monoisotopic (exact) mass is 235 g/mol. The topological polar surface area (TPSA) is 32.7 Å². The van der Waals surface area contributed by atoms with E-state index in [0.29, 0.717) is 6.04 Å². The zero-order valence-electron chi connectivity index (χ0n) is 10.6. The number of aliphatic hydroxyl groups is 1. The van der Waals surface area contributed by atoms with E-state index in [1.165, 1.54) is 12.8 Å². The van der Waals surface area contributed by atoms with Gasteiger partial charge in [0.2, 0.25) is 0 Å². The summed E-state index contributed by atoms with van der Waals surface area (Å²) in [5.74, 6) is 0.829. The summed E-state index contributed by atoms with van der Waals surface area (Å²) in [6.07, 6.45) is 2.16. The van der Waals surface area contributed by atoms with Gasteiger partial charge in [-0.1, -0.05) is 19.1 Å². The van der Waals surface area contributed by atoms with Crippen LogP contribution in [0.2, 0.25) is 0 Å². The molecule has 0 saturated heterocycles. The third kappa shape index (κ3) is 3.20. The molecule has 1 aromatic carbocycles. The highest BCUT2D eigenvalue weighted by Crippen LogP contribution is 2.28. The molecule has 0 aliphatic heterocycles. The average Bonchev–Trinajstić information content (AvgIpc) is 3.20. The van der Waals surface area contributed by atoms with Crippen molar-refractivity contribution in [1.29, 1.82) is 0 Å². The number of benzene rings is 1. The number of nitrogens with zero attached hydrogens (tertiary/aromatic N) is 1. The van der Waals surface area contributed by atoms with Crippen molar-refractivity contribution in [1.82, 2.24) is 4.90 Å². The third-order valence-electron chi connectivity index (χ3n) is 3.38. The Labute approximate surface area is 103 Å². The molecule has 1 aromatic rings. The summed E-state index contributed by atoms with van der Waals surface area (Å²) in [4.78, 5) is 2.36. The van der Waals surface area contributed by atoms with Gasteiger partial charge in [0, 0.05) is 12.6 Å². The van der Waals surface area contributed by atoms with E-state index in [9.17, 15) is 5.11 Å². The zero-order chi connectivity index (χ0) is 12.3. The van der Waals surface area contributed by atoms with Gasteiger partial charge in [-0.15, -0.1) is 0 Å². The van der Waals surface area contributed by atoms with E-state index in [4.69, 9.17) is 4.74 Å². The summed E-state index contributed by atoms with van der Waals surface area (Å²) >= 11 is 0. The Morgan fingerprint density at radius 1 is 1.35 bits per heavy atom. The number of ether oxygens (including phenoxy) is 1. The fraction of sp³-hybridized carbons (Fsp3) is 0.571. The second-order valence-electron chi connectivity index (χ2n) is 4.61. The molecule has 0 heterocycles. The van der Waals surface area contributed by atoms with Crippen molar-refractivity contribution < 1.29 is 9.84 Å². The summed E-state index contributed by atoms with van der Waals surface area (Å²) < 4.78 is 5.11. The van der Waals surface area contributed by atoms with Crippen LogP contribution in [0.3, 0.4) is 0 Å². The fourth-order valence-electron chi connectivity index (χ4n) is 2.13. The average molecular weight is 235 g/mol. The minimum absolute atomic E-state index is 0.401. The Morgan fingerprint density at radius 2 is 2.00 bits per heavy atom. The number of methoxy groups -OCH3 is 1. The Morgan fingerprint density at radius 3 is 2.47 bits per heavy atom. The van der Waals surface area contributed by atoms with Crippen molar-refractivity contribution in [3.05, 3.63) is 29.8 Å². The van der Waals surface area contributed by atoms with Crippen LogP contribution in [0.4, 0.5) is 0 Å². The lowest BCUT2D eigenvalue weighted by Gasteiger charge is -2.23. The predicted molar refractivity (Wildman–Crippen MR) is 68.2 cm³/mol. The Kier molecular flexibility index (Phi) is 4.02. The lowest BCUT2D eigenvalue weighted by atomic mass is 10.1. The summed E-state index contributed by atoms with van der Waals surface area (Å²) in [5.41, 5.74) is 0.963. The van der Waals surface area contributed by atoms with Crippen LogP contribution in [0.5, 0.6) is 5.75 Å². The summed E-state index contributed by atoms with van der Waals surface area (Å²) in [6.45, 7) is 3.89. The molecule has 1 atom stereocenters. The Balaban J connectivity index is 1.95. The molecule has 3 heteroatoms. The third-order valence-corrected chi connectivity index (χ3v) is 3.38. The molecule has 0 radical (unpaired) electrons. The van der Waals surface area contributed by atoms with Gasteiger partial charge in [-0.3, -0.25) is 4.90 Å². The van der Waals surface area contributed by atoms with Crippen molar-refractivity contribution in [3.63, 3.8) is 0 Å². The first kappa shape index (κ1) is 12.4. The maximum atomic E-state index is 10.2. The van der Waals surface area contributed by atoms with Crippen molar-refractivity contribution in [2.24, 2.45) is 0 Å². The van der Waals surface area contributed by atoms with Gasteiger partial charge in [-0.05, 0) is 37.1 Å². The van der Waals surface area contributed by atoms with E-state index in [2.05, 4.69) is 11.8 Å². The maximum Gasteiger partial charge on any atom is 0.118 e. The summed E-state index contributed by atoms with van der Waals surface area (Å²) in [5, 5.41) is 10.2. The van der Waals surface area contributed by atoms with E-state index in [-0.39, 0.29) is 0 Å². The zero-order valence-corrected chi connectivity index (χ0v) is 10.6. The lowest BCUT2D eigenvalue weighted by molar-refractivity contribution is 0.112. The second-order valence-corrected chi connectivity index (χ2v) is 4.61. The van der Waals surface area contributed by atoms with Gasteiger partial charge in [-0.2, -0.15) is 0 Å². The number of hydrogen-bond acceptors (Lipinski definition) is 3. The first-order valence-corrected chi connectivity index (χ1v) is 6.30. The number of hydrogen-bond donors (Lipinski definition) is 1. The highest BCUT2D eigenvalue weighted by atomic mass is 16.5. The first-order chi connectivity index (χ1) is 8.24. The maximum absolute atomic E-state index is 10.2. The van der Waals surface area contributed by atoms with E-state index in [1.807, 2.05) is 24.3 Å². The van der Waals surface area contributed by atoms with Gasteiger partial charge in [0.25, 0.3) is 0 Å². The molecule has 17 heavy (non-hydrogen) atoms. The van der Waals surface area contributed by atoms with Crippen LogP contribution in [0.25, 0.3) is 0 Å². The second kappa shape index (κ2) is 5.52. The molecule has 1 aliphatic rings. The van der Waals surface area contributed by atoms with Crippen LogP contribution in [-0.2, 0) is 0 Å². The molecule has 1 N–H and O–H groups in total. The Hall–Kier alpha value is -1.06. The van der Waals surface area contributed by atoms with Gasteiger partial charge in [0.15, 0.2) is 0 Å². The molecule has 1 saturated carbocycles. The smallest absolute Gasteiger partial charge is 0.118 e. The van der Waals surface area contributed by atoms with Crippen LogP contribution in [0, 0.1) is 0 Å². The summed E-state index contributed by atoms with van der Waals surface area (Å²) in [6, 6.07) is 8.36. The molecule has 1 fully saturated rings. The largest absolute Gasteiger partial charge is 0.497 e. The van der Waals surface area contributed by atoms with Crippen molar-refractivity contribution >= 4 is 0 Å². The fourth-order valence-corrected chi connectivity index (χ4v) is 2.13. The quantitative estimate of drug-likeness (QED) is 0.820. The van der Waals surface area contributed by atoms with Crippen LogP contribution in [0.1, 0.15) is 31.4 Å². The lowest BCUT2D eigenvalue weighted by Crippen LogP contribution is -2.30. The minimum atomic E-state index is -0.401. The number of rotatable bonds is 6. The van der Waals surface area contributed by atoms with Crippen LogP contribution in [0.15, 0.2) is 24.3 Å². The molecule has 0 amide bonds. The number of likely N-dealkylation sites (N-methyl/N-ethyl adjacent to an activating group) is 1. The normalized spacial score (nSPS) is 17.2. The highest BCUT2D eigenvalue weighted by molar-refractivity contribution is 5.28. The molecule has 3 nitrogen and oxygen atoms in total. The highest BCUT2D eigenvalue weighted by Gasteiger charge is 2.29. The van der Waals surface area contributed by atoms with Gasteiger partial charge < -0.3 is 9.84 Å². The van der Waals surface area contributed by atoms with Crippen molar-refractivity contribution in [2.75, 3.05) is 20.2 Å². The SMILES string of the molecule is CCN(CC(O)c1ccc(OC)cc1)C1CC1. The Bertz CT molecular complexity index is 346. The number of aliphatic hydroxyl groups excluding tert-OH is 1. The van der Waals surface area contributed by atoms with Crippen molar-refractivity contribution in [2.45, 2.75) is 31.9 Å². The van der Waals surface area contributed by atoms with E-state index in [1.54, 1.807) is 7.11 Å². The standard InChI is InChI=1S/C14H21NO2/c1-3-15(12-6-7-12)10-14(16)11-4-8-13(17-2)9-5-11/h4-5,8-9,12,14,16H,3,6-7,10H2,1-2H3. The van der Waals surface area contributed by atoms with Crippen LogP contribution < -0.4 is 4.74 Å². The molecule has 1 unspecified atom stereocenters. The van der Waals surface area contributed by atoms with E-state index >= 15 is 0 Å². The van der Waals surface area contributed by atoms with E-state index < -0.39 is 6.10 Å². The van der Waals surface area contributed by atoms with Gasteiger partial charge in [0.05, 0.1) is 13.2 Å². The van der Waals surface area contributed by atoms with Gasteiger partial charge in [-0.25, -0.2) is 0 Å². The minimum Gasteiger partial charge on any atom is -0.497 e. The first-order valence-electron chi connectivity index (χ1n) is 6.30. The summed E-state index contributed by atoms with van der Waals surface area (Å²) in [7, 11) is 1.65. The molecular formula is C14H21NO2. The molecule has 1 aliphatic carbocycles. The molecule has 0 spiro atoms. The molecule has 0 aromatic heterocycles.